The number of carbonyl (C=O) groups is 2. The average molecular weight is 375 g/mol. The van der Waals surface area contributed by atoms with E-state index in [2.05, 4.69) is 37.4 Å². The van der Waals surface area contributed by atoms with Gasteiger partial charge in [0.25, 0.3) is 0 Å². The number of nitriles is 1. The summed E-state index contributed by atoms with van der Waals surface area (Å²) in [6, 6.07) is 16.9. The topological polar surface area (TPSA) is 73.2 Å². The van der Waals surface area contributed by atoms with Gasteiger partial charge in [-0.2, -0.15) is 5.26 Å². The summed E-state index contributed by atoms with van der Waals surface area (Å²) >= 11 is 0. The number of hydrogen-bond donors (Lipinski definition) is 1. The van der Waals surface area contributed by atoms with Crippen LogP contribution in [-0.4, -0.2) is 28.8 Å². The van der Waals surface area contributed by atoms with Gasteiger partial charge in [0.15, 0.2) is 0 Å². The Labute approximate surface area is 166 Å². The highest BCUT2D eigenvalue weighted by molar-refractivity contribution is 6.01. The second-order valence-electron chi connectivity index (χ2n) is 7.79. The Morgan fingerprint density at radius 3 is 2.50 bits per heavy atom. The fourth-order valence-electron chi connectivity index (χ4n) is 3.42. The largest absolute Gasteiger partial charge is 0.328 e. The highest BCUT2D eigenvalue weighted by Crippen LogP contribution is 2.32. The van der Waals surface area contributed by atoms with Gasteiger partial charge in [-0.3, -0.25) is 9.59 Å². The van der Waals surface area contributed by atoms with Crippen molar-refractivity contribution in [3.05, 3.63) is 65.2 Å². The molecule has 5 nitrogen and oxygen atoms in total. The van der Waals surface area contributed by atoms with Crippen molar-refractivity contribution >= 4 is 17.5 Å². The summed E-state index contributed by atoms with van der Waals surface area (Å²) in [6.07, 6.45) is 0.903. The molecule has 3 rings (SSSR count). The normalized spacial score (nSPS) is 18.3. The van der Waals surface area contributed by atoms with Gasteiger partial charge < -0.3 is 10.2 Å². The lowest BCUT2D eigenvalue weighted by Gasteiger charge is -2.49. The van der Waals surface area contributed by atoms with Gasteiger partial charge >= 0.3 is 0 Å². The van der Waals surface area contributed by atoms with Gasteiger partial charge in [0.1, 0.15) is 5.54 Å². The first-order chi connectivity index (χ1) is 13.3. The zero-order valence-corrected chi connectivity index (χ0v) is 16.5. The molecule has 1 fully saturated rings. The first kappa shape index (κ1) is 19.6. The van der Waals surface area contributed by atoms with E-state index in [9.17, 15) is 9.59 Å². The molecule has 2 amide bonds. The van der Waals surface area contributed by atoms with Crippen LogP contribution in [0, 0.1) is 11.3 Å². The number of anilines is 1. The van der Waals surface area contributed by atoms with E-state index in [1.54, 1.807) is 36.1 Å². The van der Waals surface area contributed by atoms with Crippen molar-refractivity contribution in [2.24, 2.45) is 0 Å². The van der Waals surface area contributed by atoms with Gasteiger partial charge in [-0.15, -0.1) is 0 Å². The highest BCUT2D eigenvalue weighted by atomic mass is 16.2. The Morgan fingerprint density at radius 2 is 1.93 bits per heavy atom. The molecule has 1 heterocycles. The smallest absolute Gasteiger partial charge is 0.250 e. The second-order valence-corrected chi connectivity index (χ2v) is 7.79. The maximum Gasteiger partial charge on any atom is 0.250 e. The molecular formula is C23H25N3O2. The van der Waals surface area contributed by atoms with Crippen LogP contribution in [0.5, 0.6) is 0 Å². The van der Waals surface area contributed by atoms with Crippen LogP contribution in [0.25, 0.3) is 0 Å². The van der Waals surface area contributed by atoms with Crippen LogP contribution in [-0.2, 0) is 16.0 Å². The minimum absolute atomic E-state index is 0.0491. The fourth-order valence-corrected chi connectivity index (χ4v) is 3.42. The Hall–Kier alpha value is -3.13. The third kappa shape index (κ3) is 3.91. The van der Waals surface area contributed by atoms with Crippen LogP contribution in [0.15, 0.2) is 48.5 Å². The SMILES string of the molecule is CC(C)c1ccc(CC(=O)N2CCC2(C)C(=O)Nc2cccc(C#N)c2)cc1. The molecule has 2 aromatic rings. The van der Waals surface area contributed by atoms with Gasteiger partial charge in [0.2, 0.25) is 11.8 Å². The van der Waals surface area contributed by atoms with Crippen LogP contribution in [0.3, 0.4) is 0 Å². The van der Waals surface area contributed by atoms with Gasteiger partial charge in [-0.25, -0.2) is 0 Å². The lowest BCUT2D eigenvalue weighted by molar-refractivity contribution is -0.154. The Morgan fingerprint density at radius 1 is 1.21 bits per heavy atom. The van der Waals surface area contributed by atoms with Gasteiger partial charge in [0.05, 0.1) is 18.1 Å². The summed E-state index contributed by atoms with van der Waals surface area (Å²) in [6.45, 7) is 6.64. The van der Waals surface area contributed by atoms with Crippen LogP contribution in [0.4, 0.5) is 5.69 Å². The lowest BCUT2D eigenvalue weighted by Crippen LogP contribution is -2.66. The maximum absolute atomic E-state index is 12.8. The molecule has 1 atom stereocenters. The molecule has 2 aromatic carbocycles. The van der Waals surface area contributed by atoms with Crippen molar-refractivity contribution in [3.8, 4) is 6.07 Å². The molecule has 0 spiro atoms. The first-order valence-corrected chi connectivity index (χ1v) is 9.54. The van der Waals surface area contributed by atoms with E-state index >= 15 is 0 Å². The zero-order chi connectivity index (χ0) is 20.3. The maximum atomic E-state index is 12.8. The van der Waals surface area contributed by atoms with Crippen molar-refractivity contribution in [1.29, 1.82) is 5.26 Å². The number of hydrogen-bond acceptors (Lipinski definition) is 3. The van der Waals surface area contributed by atoms with Crippen LogP contribution < -0.4 is 5.32 Å². The van der Waals surface area contributed by atoms with E-state index in [4.69, 9.17) is 5.26 Å². The number of nitrogens with zero attached hydrogens (tertiary/aromatic N) is 2. The monoisotopic (exact) mass is 375 g/mol. The average Bonchev–Trinajstić information content (AvgIpc) is 2.66. The molecule has 0 radical (unpaired) electrons. The summed E-state index contributed by atoms with van der Waals surface area (Å²) in [5, 5.41) is 11.8. The molecule has 5 heteroatoms. The quantitative estimate of drug-likeness (QED) is 0.862. The predicted octanol–water partition coefficient (Wildman–Crippen LogP) is 3.85. The minimum atomic E-state index is -0.863. The lowest BCUT2D eigenvalue weighted by atomic mass is 9.84. The molecule has 0 aliphatic carbocycles. The first-order valence-electron chi connectivity index (χ1n) is 9.54. The summed E-state index contributed by atoms with van der Waals surface area (Å²) in [7, 11) is 0. The minimum Gasteiger partial charge on any atom is -0.328 e. The standard InChI is InChI=1S/C23H25N3O2/c1-16(2)19-9-7-17(8-10-19)14-21(27)26-12-11-23(26,3)22(28)25-20-6-4-5-18(13-20)15-24/h4-10,13,16H,11-12,14H2,1-3H3,(H,25,28). The number of benzene rings is 2. The van der Waals surface area contributed by atoms with Crippen molar-refractivity contribution in [2.75, 3.05) is 11.9 Å². The Balaban J connectivity index is 1.66. The number of rotatable bonds is 5. The molecule has 28 heavy (non-hydrogen) atoms. The highest BCUT2D eigenvalue weighted by Gasteiger charge is 2.49. The van der Waals surface area contributed by atoms with E-state index in [1.807, 2.05) is 12.1 Å². The molecule has 1 unspecified atom stereocenters. The van der Waals surface area contributed by atoms with Crippen LogP contribution >= 0.6 is 0 Å². The molecule has 1 saturated heterocycles. The van der Waals surface area contributed by atoms with Gasteiger partial charge in [0, 0.05) is 12.2 Å². The Bertz CT molecular complexity index is 928. The molecule has 0 bridgehead atoms. The van der Waals surface area contributed by atoms with Crippen molar-refractivity contribution < 1.29 is 9.59 Å². The Kier molecular flexibility index (Phi) is 5.51. The van der Waals surface area contributed by atoms with E-state index in [0.29, 0.717) is 30.1 Å². The van der Waals surface area contributed by atoms with Gasteiger partial charge in [-0.1, -0.05) is 44.2 Å². The van der Waals surface area contributed by atoms with Crippen molar-refractivity contribution in [3.63, 3.8) is 0 Å². The van der Waals surface area contributed by atoms with E-state index in [-0.39, 0.29) is 18.2 Å². The summed E-state index contributed by atoms with van der Waals surface area (Å²) in [5.41, 5.74) is 2.37. The molecule has 0 saturated carbocycles. The van der Waals surface area contributed by atoms with E-state index in [0.717, 1.165) is 5.56 Å². The molecule has 0 aromatic heterocycles. The third-order valence-electron chi connectivity index (χ3n) is 5.46. The molecule has 1 aliphatic heterocycles. The van der Waals surface area contributed by atoms with Crippen molar-refractivity contribution in [1.82, 2.24) is 4.90 Å². The summed E-state index contributed by atoms with van der Waals surface area (Å²) in [5.74, 6) is 0.177. The van der Waals surface area contributed by atoms with E-state index < -0.39 is 5.54 Å². The number of likely N-dealkylation sites (tertiary alicyclic amines) is 1. The van der Waals surface area contributed by atoms with Gasteiger partial charge in [-0.05, 0) is 48.6 Å². The molecular weight excluding hydrogens is 350 g/mol. The number of amides is 2. The summed E-state index contributed by atoms with van der Waals surface area (Å²) < 4.78 is 0. The van der Waals surface area contributed by atoms with Crippen LogP contribution in [0.2, 0.25) is 0 Å². The van der Waals surface area contributed by atoms with Crippen molar-refractivity contribution in [2.45, 2.75) is 45.1 Å². The van der Waals surface area contributed by atoms with E-state index in [1.165, 1.54) is 5.56 Å². The molecule has 1 N–H and O–H groups in total. The summed E-state index contributed by atoms with van der Waals surface area (Å²) in [4.78, 5) is 27.3. The zero-order valence-electron chi connectivity index (χ0n) is 16.5. The third-order valence-corrected chi connectivity index (χ3v) is 5.46. The molecule has 144 valence electrons. The number of nitrogens with one attached hydrogen (secondary N) is 1. The van der Waals surface area contributed by atoms with Crippen LogP contribution in [0.1, 0.15) is 49.8 Å². The number of carbonyl (C=O) groups excluding carboxylic acids is 2. The molecule has 1 aliphatic rings. The second kappa shape index (κ2) is 7.85. The predicted molar refractivity (Wildman–Crippen MR) is 109 cm³/mol. The fraction of sp³-hybridized carbons (Fsp3) is 0.348.